The fraction of sp³-hybridized carbons (Fsp3) is 0.909. The van der Waals surface area contributed by atoms with Crippen molar-refractivity contribution in [2.24, 2.45) is 4.99 Å². The quantitative estimate of drug-likeness (QED) is 0.356. The molecule has 0 amide bonds. The Labute approximate surface area is 99.3 Å². The van der Waals surface area contributed by atoms with E-state index in [0.717, 1.165) is 19.3 Å². The second-order valence-corrected chi connectivity index (χ2v) is 7.13. The van der Waals surface area contributed by atoms with Crippen molar-refractivity contribution in [3.63, 3.8) is 0 Å². The van der Waals surface area contributed by atoms with E-state index in [-0.39, 0.29) is 5.67 Å². The van der Waals surface area contributed by atoms with Crippen molar-refractivity contribution in [3.05, 3.63) is 0 Å². The third-order valence-corrected chi connectivity index (χ3v) is 5.69. The van der Waals surface area contributed by atoms with Crippen LogP contribution < -0.4 is 0 Å². The first kappa shape index (κ1) is 15.5. The minimum atomic E-state index is -2.37. The molecule has 0 radical (unpaired) electrons. The first-order valence-corrected chi connectivity index (χ1v) is 8.38. The number of isocyanates is 1. The summed E-state index contributed by atoms with van der Waals surface area (Å²) in [5.74, 6) is 0. The largest absolute Gasteiger partial charge is 0.393 e. The van der Waals surface area contributed by atoms with Crippen LogP contribution in [-0.4, -0.2) is 33.5 Å². The normalized spacial score (nSPS) is 13.2. The van der Waals surface area contributed by atoms with Gasteiger partial charge in [0.15, 0.2) is 0 Å². The van der Waals surface area contributed by atoms with Crippen LogP contribution in [0, 0.1) is 0 Å². The lowest BCUT2D eigenvalue weighted by Gasteiger charge is -2.30. The van der Waals surface area contributed by atoms with Crippen molar-refractivity contribution in [1.29, 1.82) is 0 Å². The summed E-state index contributed by atoms with van der Waals surface area (Å²) in [6, 6.07) is 0. The van der Waals surface area contributed by atoms with Crippen LogP contribution in [0.2, 0.25) is 6.55 Å². The molecule has 0 aliphatic carbocycles. The second kappa shape index (κ2) is 8.64. The topological polar surface area (TPSA) is 47.9 Å². The molecule has 0 aromatic rings. The Hall–Kier alpha value is -0.483. The summed E-state index contributed by atoms with van der Waals surface area (Å²) in [4.78, 5) is 14.2. The van der Waals surface area contributed by atoms with Crippen molar-refractivity contribution in [2.75, 3.05) is 13.2 Å². The minimum absolute atomic E-state index is 0.150. The van der Waals surface area contributed by atoms with E-state index in [1.165, 1.54) is 0 Å². The van der Waals surface area contributed by atoms with Crippen LogP contribution in [0.4, 0.5) is 0 Å². The maximum atomic E-state index is 10.4. The van der Waals surface area contributed by atoms with Gasteiger partial charge in [0.05, 0.1) is 0 Å². The monoisotopic (exact) mass is 245 g/mol. The number of hydrogen-bond acceptors (Lipinski definition) is 4. The van der Waals surface area contributed by atoms with E-state index >= 15 is 0 Å². The Bertz CT molecular complexity index is 221. The van der Waals surface area contributed by atoms with Crippen LogP contribution in [0.15, 0.2) is 4.99 Å². The number of hydrogen-bond donors (Lipinski definition) is 0. The summed E-state index contributed by atoms with van der Waals surface area (Å²) in [6.07, 6.45) is 4.27. The Balaban J connectivity index is 4.63. The van der Waals surface area contributed by atoms with Gasteiger partial charge < -0.3 is 8.85 Å². The van der Waals surface area contributed by atoms with E-state index in [4.69, 9.17) is 8.85 Å². The third kappa shape index (κ3) is 5.03. The highest BCUT2D eigenvalue weighted by Gasteiger charge is 2.40. The predicted octanol–water partition coefficient (Wildman–Crippen LogP) is 2.57. The Morgan fingerprint density at radius 1 is 1.19 bits per heavy atom. The zero-order valence-electron chi connectivity index (χ0n) is 10.8. The Morgan fingerprint density at radius 2 is 1.69 bits per heavy atom. The van der Waals surface area contributed by atoms with Gasteiger partial charge in [0.2, 0.25) is 6.08 Å². The molecular formula is C11H23NO3Si. The molecule has 0 bridgehead atoms. The average Bonchev–Trinajstić information content (AvgIpc) is 2.30. The van der Waals surface area contributed by atoms with E-state index in [9.17, 15) is 4.79 Å². The first-order valence-electron chi connectivity index (χ1n) is 5.99. The molecule has 0 heterocycles. The summed E-state index contributed by atoms with van der Waals surface area (Å²) < 4.78 is 11.7. The molecule has 0 N–H and O–H groups in total. The van der Waals surface area contributed by atoms with Crippen molar-refractivity contribution in [1.82, 2.24) is 0 Å². The van der Waals surface area contributed by atoms with Gasteiger partial charge in [-0.3, -0.25) is 0 Å². The highest BCUT2D eigenvalue weighted by molar-refractivity contribution is 6.67. The highest BCUT2D eigenvalue weighted by Crippen LogP contribution is 2.19. The second-order valence-electron chi connectivity index (χ2n) is 3.86. The molecule has 0 spiro atoms. The summed E-state index contributed by atoms with van der Waals surface area (Å²) >= 11 is 0. The Kier molecular flexibility index (Phi) is 8.38. The number of rotatable bonds is 9. The molecule has 0 aliphatic rings. The molecule has 0 aromatic heterocycles. The van der Waals surface area contributed by atoms with Gasteiger partial charge >= 0.3 is 8.56 Å². The van der Waals surface area contributed by atoms with Crippen molar-refractivity contribution in [3.8, 4) is 0 Å². The van der Waals surface area contributed by atoms with Gasteiger partial charge in [0, 0.05) is 13.2 Å². The number of aliphatic imine (C=N–C) groups is 1. The molecule has 0 rings (SSSR count). The van der Waals surface area contributed by atoms with E-state index < -0.39 is 8.56 Å². The van der Waals surface area contributed by atoms with Gasteiger partial charge in [-0.1, -0.05) is 20.8 Å². The van der Waals surface area contributed by atoms with Gasteiger partial charge in [0.25, 0.3) is 0 Å². The van der Waals surface area contributed by atoms with E-state index in [1.54, 1.807) is 6.08 Å². The van der Waals surface area contributed by atoms with Gasteiger partial charge in [-0.05, 0) is 25.8 Å². The van der Waals surface area contributed by atoms with Crippen LogP contribution in [0.1, 0.15) is 40.0 Å². The van der Waals surface area contributed by atoms with Crippen LogP contribution in [0.25, 0.3) is 0 Å². The molecule has 0 aliphatic heterocycles. The van der Waals surface area contributed by atoms with Gasteiger partial charge in [-0.2, -0.15) is 0 Å². The van der Waals surface area contributed by atoms with E-state index in [1.807, 2.05) is 13.5 Å². The third-order valence-electron chi connectivity index (χ3n) is 2.39. The molecular weight excluding hydrogens is 222 g/mol. The molecule has 1 atom stereocenters. The molecule has 0 aromatic carbocycles. The van der Waals surface area contributed by atoms with Crippen LogP contribution in [-0.2, 0) is 13.6 Å². The fourth-order valence-corrected chi connectivity index (χ4v) is 4.20. The van der Waals surface area contributed by atoms with Crippen molar-refractivity contribution < 1.29 is 13.6 Å². The van der Waals surface area contributed by atoms with Crippen molar-refractivity contribution in [2.45, 2.75) is 52.2 Å². The predicted molar refractivity (Wildman–Crippen MR) is 66.3 cm³/mol. The SMILES string of the molecule is CCCO[Si](C)(OCCC)C(CC)N=C=O. The fourth-order valence-electron chi connectivity index (χ4n) is 1.49. The standard InChI is InChI=1S/C11H23NO3Si/c1-5-8-14-16(4,15-9-6-2)11(7-3)12-10-13/h11H,5-9H2,1-4H3. The number of carbonyl (C=O) groups excluding carboxylic acids is 1. The first-order chi connectivity index (χ1) is 7.64. The van der Waals surface area contributed by atoms with Crippen molar-refractivity contribution >= 4 is 14.6 Å². The summed E-state index contributed by atoms with van der Waals surface area (Å²) in [5.41, 5.74) is -0.150. The maximum absolute atomic E-state index is 10.4. The molecule has 0 fully saturated rings. The van der Waals surface area contributed by atoms with E-state index in [2.05, 4.69) is 18.8 Å². The van der Waals surface area contributed by atoms with Gasteiger partial charge in [-0.15, -0.1) is 0 Å². The smallest absolute Gasteiger partial charge is 0.361 e. The van der Waals surface area contributed by atoms with Crippen LogP contribution in [0.3, 0.4) is 0 Å². The minimum Gasteiger partial charge on any atom is -0.393 e. The zero-order chi connectivity index (χ0) is 12.4. The zero-order valence-corrected chi connectivity index (χ0v) is 11.8. The van der Waals surface area contributed by atoms with Crippen LogP contribution >= 0.6 is 0 Å². The summed E-state index contributed by atoms with van der Waals surface area (Å²) in [5, 5.41) is 0. The molecule has 0 saturated heterocycles. The van der Waals surface area contributed by atoms with Gasteiger partial charge in [0.1, 0.15) is 5.67 Å². The molecule has 0 saturated carbocycles. The van der Waals surface area contributed by atoms with Crippen LogP contribution in [0.5, 0.6) is 0 Å². The summed E-state index contributed by atoms with van der Waals surface area (Å²) in [7, 11) is -2.37. The molecule has 16 heavy (non-hydrogen) atoms. The highest BCUT2D eigenvalue weighted by atomic mass is 28.4. The lowest BCUT2D eigenvalue weighted by atomic mass is 10.5. The number of nitrogens with zero attached hydrogens (tertiary/aromatic N) is 1. The molecule has 5 heteroatoms. The lowest BCUT2D eigenvalue weighted by molar-refractivity contribution is 0.164. The van der Waals surface area contributed by atoms with E-state index in [0.29, 0.717) is 13.2 Å². The van der Waals surface area contributed by atoms with Gasteiger partial charge in [-0.25, -0.2) is 9.79 Å². The average molecular weight is 245 g/mol. The molecule has 1 unspecified atom stereocenters. The molecule has 4 nitrogen and oxygen atoms in total. The molecule has 94 valence electrons. The lowest BCUT2D eigenvalue weighted by Crippen LogP contribution is -2.50. The maximum Gasteiger partial charge on any atom is 0.361 e. The summed E-state index contributed by atoms with van der Waals surface area (Å²) in [6.45, 7) is 9.40. The Morgan fingerprint density at radius 3 is 2.00 bits per heavy atom.